The number of aromatic nitrogens is 3. The van der Waals surface area contributed by atoms with E-state index in [0.717, 1.165) is 4.31 Å². The molecule has 0 aliphatic carbocycles. The number of nitrogens with one attached hydrogen (secondary N) is 3. The topological polar surface area (TPSA) is 139 Å². The van der Waals surface area contributed by atoms with Gasteiger partial charge in [0.05, 0.1) is 19.6 Å². The van der Waals surface area contributed by atoms with Crippen LogP contribution in [-0.2, 0) is 23.1 Å². The third-order valence-electron chi connectivity index (χ3n) is 7.14. The summed E-state index contributed by atoms with van der Waals surface area (Å²) in [6.45, 7) is -1.12. The zero-order valence-electron chi connectivity index (χ0n) is 25.0. The van der Waals surface area contributed by atoms with Gasteiger partial charge in [-0.1, -0.05) is 24.3 Å². The SMILES string of the molecule is COc1ccc(CN(Cc2ccc(OC)cc2)S(=O)(=O)c2c(F)c(F)c(F)c(F)c2C(=O)NCCNc2ncnc3[nH]ccc23)cc1. The molecule has 11 nitrogen and oxygen atoms in total. The first-order valence-corrected chi connectivity index (χ1v) is 15.4. The van der Waals surface area contributed by atoms with Crippen molar-refractivity contribution in [2.45, 2.75) is 18.0 Å². The van der Waals surface area contributed by atoms with E-state index in [1.807, 2.05) is 0 Å². The number of halogens is 4. The maximum atomic E-state index is 15.5. The molecule has 0 radical (unpaired) electrons. The van der Waals surface area contributed by atoms with Gasteiger partial charge in [0.2, 0.25) is 10.0 Å². The largest absolute Gasteiger partial charge is 0.497 e. The number of methoxy groups -OCH3 is 2. The number of benzene rings is 3. The van der Waals surface area contributed by atoms with Crippen LogP contribution in [0.5, 0.6) is 11.5 Å². The molecule has 2 aromatic heterocycles. The monoisotopic (exact) mass is 672 g/mol. The van der Waals surface area contributed by atoms with Crippen LogP contribution in [0.4, 0.5) is 23.4 Å². The Bertz CT molecular complexity index is 1960. The second-order valence-electron chi connectivity index (χ2n) is 10.1. The van der Waals surface area contributed by atoms with Crippen LogP contribution in [0.1, 0.15) is 21.5 Å². The van der Waals surface area contributed by atoms with Gasteiger partial charge in [0.15, 0.2) is 23.3 Å². The van der Waals surface area contributed by atoms with Crippen molar-refractivity contribution in [1.29, 1.82) is 0 Å². The number of rotatable bonds is 13. The third-order valence-corrected chi connectivity index (χ3v) is 8.98. The van der Waals surface area contributed by atoms with E-state index in [2.05, 4.69) is 25.6 Å². The number of H-pyrrole nitrogens is 1. The zero-order chi connectivity index (χ0) is 33.7. The standard InChI is InChI=1S/C31H28F4N6O5S/c1-45-20-7-3-18(4-8-20)15-41(16-19-5-9-21(46-2)10-6-19)47(43,44)28-23(24(32)25(33)26(34)27(28)35)31(42)38-14-13-37-30-22-11-12-36-29(22)39-17-40-30/h3-12,17H,13-16H2,1-2H3,(H,38,42)(H2,36,37,39,40). The molecule has 3 aromatic carbocycles. The molecule has 1 amide bonds. The number of hydrogen-bond donors (Lipinski definition) is 3. The summed E-state index contributed by atoms with van der Waals surface area (Å²) in [5.74, 6) is -9.26. The normalized spacial score (nSPS) is 11.6. The zero-order valence-corrected chi connectivity index (χ0v) is 25.8. The molecule has 0 spiro atoms. The van der Waals surface area contributed by atoms with Crippen molar-refractivity contribution in [1.82, 2.24) is 24.6 Å². The molecular weight excluding hydrogens is 644 g/mol. The van der Waals surface area contributed by atoms with E-state index in [-0.39, 0.29) is 13.1 Å². The van der Waals surface area contributed by atoms with Gasteiger partial charge in [0.25, 0.3) is 5.91 Å². The number of ether oxygens (including phenoxy) is 2. The number of sulfonamides is 1. The molecular formula is C31H28F4N6O5S. The van der Waals surface area contributed by atoms with Crippen molar-refractivity contribution in [2.75, 3.05) is 32.6 Å². The molecule has 246 valence electrons. The average molecular weight is 673 g/mol. The lowest BCUT2D eigenvalue weighted by molar-refractivity contribution is 0.0944. The molecule has 0 aliphatic heterocycles. The average Bonchev–Trinajstić information content (AvgIpc) is 3.57. The second-order valence-corrected chi connectivity index (χ2v) is 11.9. The summed E-state index contributed by atoms with van der Waals surface area (Å²) in [5.41, 5.74) is -0.185. The van der Waals surface area contributed by atoms with Crippen LogP contribution in [0.15, 0.2) is 72.0 Å². The van der Waals surface area contributed by atoms with E-state index < -0.39 is 62.7 Å². The van der Waals surface area contributed by atoms with Crippen LogP contribution in [0.25, 0.3) is 11.0 Å². The van der Waals surface area contributed by atoms with Crippen LogP contribution in [0.2, 0.25) is 0 Å². The molecule has 0 saturated carbocycles. The first-order chi connectivity index (χ1) is 22.5. The van der Waals surface area contributed by atoms with Gasteiger partial charge in [-0.15, -0.1) is 0 Å². The van der Waals surface area contributed by atoms with Gasteiger partial charge in [0, 0.05) is 32.4 Å². The van der Waals surface area contributed by atoms with Gasteiger partial charge in [-0.05, 0) is 41.5 Å². The summed E-state index contributed by atoms with van der Waals surface area (Å²) in [4.78, 5) is 22.6. The van der Waals surface area contributed by atoms with Crippen molar-refractivity contribution in [3.05, 3.63) is 107 Å². The Kier molecular flexibility index (Phi) is 9.91. The quantitative estimate of drug-likeness (QED) is 0.0705. The second kappa shape index (κ2) is 14.0. The summed E-state index contributed by atoms with van der Waals surface area (Å²) < 4.78 is 99.2. The summed E-state index contributed by atoms with van der Waals surface area (Å²) in [5, 5.41) is 5.81. The minimum atomic E-state index is -5.24. The Morgan fingerprint density at radius 3 is 1.96 bits per heavy atom. The highest BCUT2D eigenvalue weighted by Crippen LogP contribution is 2.32. The number of carbonyl (C=O) groups is 1. The molecule has 3 N–H and O–H groups in total. The van der Waals surface area contributed by atoms with Crippen LogP contribution in [-0.4, -0.2) is 60.9 Å². The molecule has 0 saturated heterocycles. The van der Waals surface area contributed by atoms with Gasteiger partial charge in [-0.2, -0.15) is 4.31 Å². The van der Waals surface area contributed by atoms with Crippen molar-refractivity contribution < 1.29 is 40.2 Å². The lowest BCUT2D eigenvalue weighted by atomic mass is 10.1. The maximum Gasteiger partial charge on any atom is 0.255 e. The minimum absolute atomic E-state index is 0.0139. The Balaban J connectivity index is 1.48. The number of aromatic amines is 1. The molecule has 0 fully saturated rings. The molecule has 5 aromatic rings. The highest BCUT2D eigenvalue weighted by molar-refractivity contribution is 7.89. The van der Waals surface area contributed by atoms with Gasteiger partial charge < -0.3 is 25.1 Å². The van der Waals surface area contributed by atoms with Crippen molar-refractivity contribution >= 4 is 32.8 Å². The Labute approximate surface area is 266 Å². The highest BCUT2D eigenvalue weighted by atomic mass is 32.2. The first kappa shape index (κ1) is 33.2. The fourth-order valence-electron chi connectivity index (χ4n) is 4.74. The lowest BCUT2D eigenvalue weighted by Crippen LogP contribution is -2.36. The van der Waals surface area contributed by atoms with Crippen LogP contribution in [0.3, 0.4) is 0 Å². The number of amides is 1. The molecule has 0 bridgehead atoms. The number of hydrogen-bond acceptors (Lipinski definition) is 8. The Morgan fingerprint density at radius 2 is 1.38 bits per heavy atom. The summed E-state index contributed by atoms with van der Waals surface area (Å²) in [7, 11) is -2.36. The smallest absolute Gasteiger partial charge is 0.255 e. The fourth-order valence-corrected chi connectivity index (χ4v) is 6.39. The van der Waals surface area contributed by atoms with Crippen molar-refractivity contribution in [3.8, 4) is 11.5 Å². The van der Waals surface area contributed by atoms with E-state index in [1.165, 1.54) is 44.8 Å². The van der Waals surface area contributed by atoms with Gasteiger partial charge >= 0.3 is 0 Å². The number of carbonyl (C=O) groups excluding carboxylic acids is 1. The van der Waals surface area contributed by atoms with E-state index in [4.69, 9.17) is 9.47 Å². The van der Waals surface area contributed by atoms with Gasteiger partial charge in [-0.3, -0.25) is 4.79 Å². The highest BCUT2D eigenvalue weighted by Gasteiger charge is 2.39. The van der Waals surface area contributed by atoms with E-state index in [9.17, 15) is 22.0 Å². The van der Waals surface area contributed by atoms with Gasteiger partial charge in [-0.25, -0.2) is 35.9 Å². The summed E-state index contributed by atoms with van der Waals surface area (Å²) in [6.07, 6.45) is 2.93. The van der Waals surface area contributed by atoms with Crippen molar-refractivity contribution in [3.63, 3.8) is 0 Å². The molecule has 5 rings (SSSR count). The Morgan fingerprint density at radius 1 is 0.809 bits per heavy atom. The summed E-state index contributed by atoms with van der Waals surface area (Å²) in [6, 6.07) is 14.1. The third kappa shape index (κ3) is 6.97. The number of nitrogens with zero attached hydrogens (tertiary/aromatic N) is 3. The Hall–Kier alpha value is -5.22. The molecule has 0 aliphatic rings. The number of fused-ring (bicyclic) bond motifs is 1. The van der Waals surface area contributed by atoms with Crippen LogP contribution >= 0.6 is 0 Å². The first-order valence-electron chi connectivity index (χ1n) is 14.0. The lowest BCUT2D eigenvalue weighted by Gasteiger charge is -2.25. The van der Waals surface area contributed by atoms with Crippen LogP contribution < -0.4 is 20.1 Å². The van der Waals surface area contributed by atoms with Crippen LogP contribution in [0, 0.1) is 23.3 Å². The molecule has 47 heavy (non-hydrogen) atoms. The molecule has 2 heterocycles. The van der Waals surface area contributed by atoms with Gasteiger partial charge in [0.1, 0.15) is 39.8 Å². The minimum Gasteiger partial charge on any atom is -0.497 e. The predicted octanol–water partition coefficient (Wildman–Crippen LogP) is 4.76. The van der Waals surface area contributed by atoms with Crippen molar-refractivity contribution in [2.24, 2.45) is 0 Å². The molecule has 16 heteroatoms. The fraction of sp³-hybridized carbons (Fsp3) is 0.194. The number of anilines is 1. The van der Waals surface area contributed by atoms with E-state index in [1.54, 1.807) is 36.5 Å². The molecule has 0 unspecified atom stereocenters. The summed E-state index contributed by atoms with van der Waals surface area (Å²) >= 11 is 0. The van der Waals surface area contributed by atoms with E-state index in [0.29, 0.717) is 39.5 Å². The molecule has 0 atom stereocenters. The predicted molar refractivity (Wildman–Crippen MR) is 163 cm³/mol. The van der Waals surface area contributed by atoms with E-state index >= 15 is 8.78 Å². The maximum absolute atomic E-state index is 15.5.